The summed E-state index contributed by atoms with van der Waals surface area (Å²) in [5.74, 6) is -0.109. The van der Waals surface area contributed by atoms with Crippen molar-refractivity contribution in [3.8, 4) is 6.07 Å². The molecular formula is C12H11ClN2O3S. The molecule has 7 heteroatoms. The van der Waals surface area contributed by atoms with Gasteiger partial charge in [-0.1, -0.05) is 11.6 Å². The van der Waals surface area contributed by atoms with Crippen molar-refractivity contribution in [2.75, 3.05) is 13.1 Å². The Morgan fingerprint density at radius 1 is 1.37 bits per heavy atom. The van der Waals surface area contributed by atoms with E-state index in [2.05, 4.69) is 0 Å². The third kappa shape index (κ3) is 2.78. The van der Waals surface area contributed by atoms with Gasteiger partial charge in [-0.05, 0) is 24.6 Å². The number of Topliss-reactive ketones (excluding diaryl/α,β-unsaturated/α-hetero) is 1. The van der Waals surface area contributed by atoms with Crippen molar-refractivity contribution in [1.29, 1.82) is 5.26 Å². The van der Waals surface area contributed by atoms with Crippen molar-refractivity contribution in [2.24, 2.45) is 0 Å². The summed E-state index contributed by atoms with van der Waals surface area (Å²) in [5.41, 5.74) is 0.214. The van der Waals surface area contributed by atoms with E-state index in [1.165, 1.54) is 18.2 Å². The molecule has 0 N–H and O–H groups in total. The van der Waals surface area contributed by atoms with Crippen molar-refractivity contribution in [2.45, 2.75) is 17.7 Å². The standard InChI is InChI=1S/C12H11ClN2O3S/c13-11-4-3-9(7-14)6-12(11)19(17,18)15-5-1-2-10(16)8-15/h3-4,6H,1-2,5,8H2. The van der Waals surface area contributed by atoms with Crippen LogP contribution in [0.4, 0.5) is 0 Å². The zero-order valence-electron chi connectivity index (χ0n) is 9.97. The van der Waals surface area contributed by atoms with Gasteiger partial charge in [0.05, 0.1) is 23.2 Å². The van der Waals surface area contributed by atoms with E-state index in [1.54, 1.807) is 0 Å². The first kappa shape index (κ1) is 14.0. The quantitative estimate of drug-likeness (QED) is 0.830. The highest BCUT2D eigenvalue weighted by Crippen LogP contribution is 2.27. The summed E-state index contributed by atoms with van der Waals surface area (Å²) in [7, 11) is -3.83. The maximum absolute atomic E-state index is 12.4. The normalized spacial score (nSPS) is 17.2. The number of carbonyl (C=O) groups excluding carboxylic acids is 1. The summed E-state index contributed by atoms with van der Waals surface area (Å²) in [6.07, 6.45) is 0.908. The molecule has 1 heterocycles. The Kier molecular flexibility index (Phi) is 3.90. The molecule has 1 aliphatic rings. The second-order valence-corrected chi connectivity index (χ2v) is 6.55. The molecule has 1 fully saturated rings. The van der Waals surface area contributed by atoms with E-state index >= 15 is 0 Å². The lowest BCUT2D eigenvalue weighted by Gasteiger charge is -2.25. The van der Waals surface area contributed by atoms with Gasteiger partial charge in [-0.2, -0.15) is 9.57 Å². The number of ketones is 1. The van der Waals surface area contributed by atoms with Gasteiger partial charge in [0.25, 0.3) is 0 Å². The minimum atomic E-state index is -3.83. The van der Waals surface area contributed by atoms with E-state index < -0.39 is 10.0 Å². The lowest BCUT2D eigenvalue weighted by Crippen LogP contribution is -2.40. The Morgan fingerprint density at radius 2 is 2.11 bits per heavy atom. The predicted octanol–water partition coefficient (Wildman–Crippen LogP) is 1.57. The molecule has 100 valence electrons. The molecule has 0 spiro atoms. The zero-order chi connectivity index (χ0) is 14.0. The van der Waals surface area contributed by atoms with Gasteiger partial charge in [0, 0.05) is 13.0 Å². The monoisotopic (exact) mass is 298 g/mol. The van der Waals surface area contributed by atoms with Crippen LogP contribution >= 0.6 is 11.6 Å². The van der Waals surface area contributed by atoms with E-state index in [-0.39, 0.29) is 27.8 Å². The molecule has 0 aliphatic carbocycles. The number of hydrogen-bond acceptors (Lipinski definition) is 4. The van der Waals surface area contributed by atoms with Gasteiger partial charge in [0.2, 0.25) is 10.0 Å². The molecule has 0 saturated carbocycles. The maximum Gasteiger partial charge on any atom is 0.245 e. The second-order valence-electron chi connectivity index (χ2n) is 4.24. The fourth-order valence-electron chi connectivity index (χ4n) is 1.92. The molecule has 0 aromatic heterocycles. The number of carbonyl (C=O) groups is 1. The minimum absolute atomic E-state index is 0.0528. The Labute approximate surface area is 116 Å². The average molecular weight is 299 g/mol. The fraction of sp³-hybridized carbons (Fsp3) is 0.333. The van der Waals surface area contributed by atoms with Crippen LogP contribution in [0.25, 0.3) is 0 Å². The van der Waals surface area contributed by atoms with Crippen LogP contribution in [0.1, 0.15) is 18.4 Å². The fourth-order valence-corrected chi connectivity index (χ4v) is 3.88. The van der Waals surface area contributed by atoms with Crippen LogP contribution in [0.15, 0.2) is 23.1 Å². The number of piperidine rings is 1. The number of nitrogens with zero attached hydrogens (tertiary/aromatic N) is 2. The molecule has 1 aromatic carbocycles. The van der Waals surface area contributed by atoms with E-state index in [0.717, 1.165) is 4.31 Å². The Bertz CT molecular complexity index is 664. The van der Waals surface area contributed by atoms with Gasteiger partial charge in [-0.15, -0.1) is 0 Å². The molecule has 0 bridgehead atoms. The summed E-state index contributed by atoms with van der Waals surface area (Å²) in [6.45, 7) is 0.163. The van der Waals surface area contributed by atoms with Gasteiger partial charge in [-0.3, -0.25) is 4.79 Å². The largest absolute Gasteiger partial charge is 0.298 e. The molecule has 0 atom stereocenters. The number of halogens is 1. The number of sulfonamides is 1. The summed E-state index contributed by atoms with van der Waals surface area (Å²) >= 11 is 5.89. The molecule has 1 saturated heterocycles. The van der Waals surface area contributed by atoms with Crippen LogP contribution in [0.3, 0.4) is 0 Å². The van der Waals surface area contributed by atoms with Crippen LogP contribution in [-0.2, 0) is 14.8 Å². The number of hydrogen-bond donors (Lipinski definition) is 0. The third-order valence-electron chi connectivity index (χ3n) is 2.89. The molecule has 0 amide bonds. The smallest absolute Gasteiger partial charge is 0.245 e. The molecule has 1 aromatic rings. The Balaban J connectivity index is 2.44. The lowest BCUT2D eigenvalue weighted by atomic mass is 10.1. The van der Waals surface area contributed by atoms with E-state index in [9.17, 15) is 13.2 Å². The van der Waals surface area contributed by atoms with Crippen molar-refractivity contribution < 1.29 is 13.2 Å². The molecule has 1 aliphatic heterocycles. The third-order valence-corrected chi connectivity index (χ3v) is 5.22. The van der Waals surface area contributed by atoms with Gasteiger partial charge < -0.3 is 0 Å². The molecule has 0 radical (unpaired) electrons. The van der Waals surface area contributed by atoms with Crippen LogP contribution in [0.5, 0.6) is 0 Å². The van der Waals surface area contributed by atoms with Gasteiger partial charge >= 0.3 is 0 Å². The molecule has 0 unspecified atom stereocenters. The van der Waals surface area contributed by atoms with Crippen LogP contribution in [-0.4, -0.2) is 31.6 Å². The van der Waals surface area contributed by atoms with Gasteiger partial charge in [0.15, 0.2) is 0 Å². The molecular weight excluding hydrogens is 288 g/mol. The van der Waals surface area contributed by atoms with Crippen LogP contribution in [0.2, 0.25) is 5.02 Å². The zero-order valence-corrected chi connectivity index (χ0v) is 11.5. The highest BCUT2D eigenvalue weighted by atomic mass is 35.5. The van der Waals surface area contributed by atoms with Crippen molar-refractivity contribution >= 4 is 27.4 Å². The summed E-state index contributed by atoms with van der Waals surface area (Å²) in [5, 5.41) is 8.87. The topological polar surface area (TPSA) is 78.2 Å². The van der Waals surface area contributed by atoms with Crippen LogP contribution in [0, 0.1) is 11.3 Å². The first-order valence-electron chi connectivity index (χ1n) is 5.66. The van der Waals surface area contributed by atoms with E-state index in [0.29, 0.717) is 19.4 Å². The van der Waals surface area contributed by atoms with E-state index in [4.69, 9.17) is 16.9 Å². The maximum atomic E-state index is 12.4. The number of benzene rings is 1. The van der Waals surface area contributed by atoms with E-state index in [1.807, 2.05) is 6.07 Å². The first-order chi connectivity index (χ1) is 8.95. The number of rotatable bonds is 2. The Hall–Kier alpha value is -1.42. The van der Waals surface area contributed by atoms with Crippen molar-refractivity contribution in [1.82, 2.24) is 4.31 Å². The molecule has 2 rings (SSSR count). The van der Waals surface area contributed by atoms with Gasteiger partial charge in [-0.25, -0.2) is 8.42 Å². The Morgan fingerprint density at radius 3 is 2.74 bits per heavy atom. The number of nitriles is 1. The summed E-state index contributed by atoms with van der Waals surface area (Å²) in [4.78, 5) is 11.2. The summed E-state index contributed by atoms with van der Waals surface area (Å²) < 4.78 is 25.9. The van der Waals surface area contributed by atoms with Gasteiger partial charge in [0.1, 0.15) is 10.7 Å². The lowest BCUT2D eigenvalue weighted by molar-refractivity contribution is -0.120. The van der Waals surface area contributed by atoms with Crippen molar-refractivity contribution in [3.05, 3.63) is 28.8 Å². The highest BCUT2D eigenvalue weighted by Gasteiger charge is 2.30. The predicted molar refractivity (Wildman–Crippen MR) is 69.2 cm³/mol. The summed E-state index contributed by atoms with van der Waals surface area (Å²) in [6, 6.07) is 5.92. The average Bonchev–Trinajstić information content (AvgIpc) is 2.39. The molecule has 19 heavy (non-hydrogen) atoms. The minimum Gasteiger partial charge on any atom is -0.298 e. The van der Waals surface area contributed by atoms with Crippen molar-refractivity contribution in [3.63, 3.8) is 0 Å². The highest BCUT2D eigenvalue weighted by molar-refractivity contribution is 7.89. The second kappa shape index (κ2) is 5.29. The SMILES string of the molecule is N#Cc1ccc(Cl)c(S(=O)(=O)N2CCCC(=O)C2)c1. The van der Waals surface area contributed by atoms with Crippen LogP contribution < -0.4 is 0 Å². The molecule has 5 nitrogen and oxygen atoms in total. The first-order valence-corrected chi connectivity index (χ1v) is 7.48.